The Labute approximate surface area is 126 Å². The molecular weight excluding hydrogens is 284 g/mol. The largest absolute Gasteiger partial charge is 0.487 e. The quantitative estimate of drug-likeness (QED) is 0.479. The Kier molecular flexibility index (Phi) is 4.49. The molecule has 0 unspecified atom stereocenters. The van der Waals surface area contributed by atoms with Crippen LogP contribution in [0.25, 0.3) is 0 Å². The van der Waals surface area contributed by atoms with E-state index in [9.17, 15) is 20.2 Å². The van der Waals surface area contributed by atoms with Gasteiger partial charge in [0.25, 0.3) is 0 Å². The third-order valence-corrected chi connectivity index (χ3v) is 3.05. The number of ketones is 1. The van der Waals surface area contributed by atoms with Crippen LogP contribution in [-0.2, 0) is 6.61 Å². The van der Waals surface area contributed by atoms with Crippen LogP contribution in [0.4, 0.5) is 5.69 Å². The molecule has 110 valence electrons. The van der Waals surface area contributed by atoms with Crippen molar-refractivity contribution in [2.24, 2.45) is 0 Å². The van der Waals surface area contributed by atoms with Crippen LogP contribution < -0.4 is 4.74 Å². The number of carbonyl (C=O) groups excluding carboxylic acids is 1. The number of benzene rings is 2. The maximum atomic E-state index is 11.5. The highest BCUT2D eigenvalue weighted by molar-refractivity contribution is 5.99. The fourth-order valence-electron chi connectivity index (χ4n) is 2.01. The van der Waals surface area contributed by atoms with Crippen LogP contribution in [0, 0.1) is 21.4 Å². The molecule has 0 amide bonds. The minimum Gasteiger partial charge on any atom is -0.487 e. The summed E-state index contributed by atoms with van der Waals surface area (Å²) in [6.45, 7) is 1.39. The molecule has 0 N–H and O–H groups in total. The van der Waals surface area contributed by atoms with Gasteiger partial charge in [-0.3, -0.25) is 14.9 Å². The smallest absolute Gasteiger partial charge is 0.301 e. The third-order valence-electron chi connectivity index (χ3n) is 3.05. The zero-order valence-electron chi connectivity index (χ0n) is 11.8. The second kappa shape index (κ2) is 6.50. The Morgan fingerprint density at radius 3 is 2.50 bits per heavy atom. The highest BCUT2D eigenvalue weighted by Gasteiger charge is 2.26. The molecule has 0 saturated heterocycles. The van der Waals surface area contributed by atoms with E-state index in [0.717, 1.165) is 5.56 Å². The van der Waals surface area contributed by atoms with E-state index in [4.69, 9.17) is 4.74 Å². The van der Waals surface area contributed by atoms with E-state index in [1.165, 1.54) is 19.1 Å². The minimum atomic E-state index is -0.731. The summed E-state index contributed by atoms with van der Waals surface area (Å²) in [5.41, 5.74) is 0.00694. The highest BCUT2D eigenvalue weighted by Crippen LogP contribution is 2.32. The first-order valence-corrected chi connectivity index (χ1v) is 6.43. The molecule has 0 radical (unpaired) electrons. The molecule has 0 bridgehead atoms. The van der Waals surface area contributed by atoms with Crippen molar-refractivity contribution in [1.82, 2.24) is 0 Å². The molecule has 0 saturated carbocycles. The van der Waals surface area contributed by atoms with Gasteiger partial charge in [-0.25, -0.2) is 0 Å². The molecule has 0 aliphatic rings. The van der Waals surface area contributed by atoms with Gasteiger partial charge in [0.05, 0.1) is 10.5 Å². The first-order chi connectivity index (χ1) is 10.5. The van der Waals surface area contributed by atoms with Gasteiger partial charge >= 0.3 is 5.69 Å². The zero-order chi connectivity index (χ0) is 16.1. The van der Waals surface area contributed by atoms with Gasteiger partial charge in [-0.1, -0.05) is 30.3 Å². The summed E-state index contributed by atoms with van der Waals surface area (Å²) in [4.78, 5) is 21.9. The maximum absolute atomic E-state index is 11.5. The fraction of sp³-hybridized carbons (Fsp3) is 0.125. The van der Waals surface area contributed by atoms with Crippen molar-refractivity contribution in [1.29, 1.82) is 5.26 Å². The Bertz CT molecular complexity index is 764. The molecule has 2 aromatic carbocycles. The summed E-state index contributed by atoms with van der Waals surface area (Å²) >= 11 is 0. The van der Waals surface area contributed by atoms with E-state index in [1.54, 1.807) is 6.07 Å². The SMILES string of the molecule is CC(=O)c1ccc(OCc2ccccc2)c(C#N)c1[N+](=O)[O-]. The molecule has 0 spiro atoms. The van der Waals surface area contributed by atoms with E-state index in [-0.39, 0.29) is 23.5 Å². The number of rotatable bonds is 5. The summed E-state index contributed by atoms with van der Waals surface area (Å²) in [5, 5.41) is 20.4. The first-order valence-electron chi connectivity index (χ1n) is 6.43. The van der Waals surface area contributed by atoms with Crippen LogP contribution in [0.3, 0.4) is 0 Å². The molecule has 6 heteroatoms. The van der Waals surface area contributed by atoms with Crippen molar-refractivity contribution < 1.29 is 14.5 Å². The maximum Gasteiger partial charge on any atom is 0.301 e. The number of nitriles is 1. The van der Waals surface area contributed by atoms with E-state index < -0.39 is 16.4 Å². The lowest BCUT2D eigenvalue weighted by Gasteiger charge is -2.09. The van der Waals surface area contributed by atoms with Crippen LogP contribution in [0.2, 0.25) is 0 Å². The summed E-state index contributed by atoms with van der Waals surface area (Å²) in [5.74, 6) is -0.388. The van der Waals surface area contributed by atoms with Gasteiger partial charge in [0.1, 0.15) is 18.4 Å². The molecule has 0 atom stereocenters. The Morgan fingerprint density at radius 2 is 1.95 bits per heavy atom. The summed E-state index contributed by atoms with van der Waals surface area (Å²) in [6.07, 6.45) is 0. The second-order valence-corrected chi connectivity index (χ2v) is 4.53. The second-order valence-electron chi connectivity index (χ2n) is 4.53. The van der Waals surface area contributed by atoms with Gasteiger partial charge in [0, 0.05) is 0 Å². The molecular formula is C16H12N2O4. The highest BCUT2D eigenvalue weighted by atomic mass is 16.6. The number of Topliss-reactive ketones (excluding diaryl/α,β-unsaturated/α-hetero) is 1. The molecule has 6 nitrogen and oxygen atoms in total. The lowest BCUT2D eigenvalue weighted by Crippen LogP contribution is -2.05. The van der Waals surface area contributed by atoms with Gasteiger partial charge in [0.2, 0.25) is 0 Å². The number of nitro groups is 1. The molecule has 0 heterocycles. The average Bonchev–Trinajstić information content (AvgIpc) is 2.52. The average molecular weight is 296 g/mol. The summed E-state index contributed by atoms with van der Waals surface area (Å²) in [7, 11) is 0. The molecule has 0 fully saturated rings. The van der Waals surface area contributed by atoms with Gasteiger partial charge < -0.3 is 4.74 Å². The summed E-state index contributed by atoms with van der Waals surface area (Å²) < 4.78 is 5.50. The number of nitro benzene ring substituents is 1. The molecule has 22 heavy (non-hydrogen) atoms. The van der Waals surface area contributed by atoms with Crippen LogP contribution in [0.15, 0.2) is 42.5 Å². The van der Waals surface area contributed by atoms with Crippen molar-refractivity contribution in [3.63, 3.8) is 0 Å². The Balaban J connectivity index is 2.41. The van der Waals surface area contributed by atoms with Crippen LogP contribution in [0.1, 0.15) is 28.4 Å². The van der Waals surface area contributed by atoms with E-state index in [2.05, 4.69) is 0 Å². The Hall–Kier alpha value is -3.20. The topological polar surface area (TPSA) is 93.2 Å². The number of nitrogens with zero attached hydrogens (tertiary/aromatic N) is 2. The third kappa shape index (κ3) is 3.10. The van der Waals surface area contributed by atoms with Crippen molar-refractivity contribution in [2.45, 2.75) is 13.5 Å². The number of hydrogen-bond acceptors (Lipinski definition) is 5. The van der Waals surface area contributed by atoms with Gasteiger partial charge in [-0.15, -0.1) is 0 Å². The van der Waals surface area contributed by atoms with Crippen LogP contribution in [-0.4, -0.2) is 10.7 Å². The molecule has 2 rings (SSSR count). The van der Waals surface area contributed by atoms with Crippen LogP contribution in [0.5, 0.6) is 5.75 Å². The van der Waals surface area contributed by atoms with E-state index >= 15 is 0 Å². The molecule has 2 aromatic rings. The van der Waals surface area contributed by atoms with Crippen molar-refractivity contribution in [3.05, 3.63) is 69.3 Å². The predicted octanol–water partition coefficient (Wildman–Crippen LogP) is 3.25. The van der Waals surface area contributed by atoms with Crippen molar-refractivity contribution in [2.75, 3.05) is 0 Å². The van der Waals surface area contributed by atoms with E-state index in [1.807, 2.05) is 30.3 Å². The molecule has 0 aliphatic heterocycles. The van der Waals surface area contributed by atoms with E-state index in [0.29, 0.717) is 0 Å². The number of ether oxygens (including phenoxy) is 1. The lowest BCUT2D eigenvalue weighted by atomic mass is 10.0. The number of hydrogen-bond donors (Lipinski definition) is 0. The summed E-state index contributed by atoms with van der Waals surface area (Å²) in [6, 6.07) is 13.7. The molecule has 0 aliphatic carbocycles. The first kappa shape index (κ1) is 15.2. The molecule has 0 aromatic heterocycles. The Morgan fingerprint density at radius 1 is 1.27 bits per heavy atom. The monoisotopic (exact) mass is 296 g/mol. The van der Waals surface area contributed by atoms with Gasteiger partial charge in [-0.2, -0.15) is 5.26 Å². The van der Waals surface area contributed by atoms with Crippen LogP contribution >= 0.6 is 0 Å². The standard InChI is InChI=1S/C16H12N2O4/c1-11(19)13-7-8-15(14(9-17)16(13)18(20)21)22-10-12-5-3-2-4-6-12/h2-8H,10H2,1H3. The minimum absolute atomic E-state index is 0.0862. The van der Waals surface area contributed by atoms with Crippen molar-refractivity contribution >= 4 is 11.5 Å². The fourth-order valence-corrected chi connectivity index (χ4v) is 2.01. The van der Waals surface area contributed by atoms with Gasteiger partial charge in [0.15, 0.2) is 11.3 Å². The zero-order valence-corrected chi connectivity index (χ0v) is 11.8. The predicted molar refractivity (Wildman–Crippen MR) is 78.6 cm³/mol. The normalized spacial score (nSPS) is 9.82. The lowest BCUT2D eigenvalue weighted by molar-refractivity contribution is -0.385. The number of carbonyl (C=O) groups is 1. The van der Waals surface area contributed by atoms with Crippen molar-refractivity contribution in [3.8, 4) is 11.8 Å². The van der Waals surface area contributed by atoms with Gasteiger partial charge in [-0.05, 0) is 24.6 Å².